The summed E-state index contributed by atoms with van der Waals surface area (Å²) in [6.45, 7) is 1.49. The van der Waals surface area contributed by atoms with E-state index in [2.05, 4.69) is 26.8 Å². The van der Waals surface area contributed by atoms with Gasteiger partial charge in [0.25, 0.3) is 0 Å². The first-order chi connectivity index (χ1) is 13.1. The van der Waals surface area contributed by atoms with Crippen LogP contribution >= 0.6 is 0 Å². The normalized spacial score (nSPS) is 15.3. The molecule has 136 valence electrons. The van der Waals surface area contributed by atoms with Gasteiger partial charge in [0.1, 0.15) is 18.1 Å². The third kappa shape index (κ3) is 3.39. The van der Waals surface area contributed by atoms with Crippen LogP contribution in [0.4, 0.5) is 11.6 Å². The average Bonchev–Trinajstić information content (AvgIpc) is 3.16. The molecule has 0 saturated heterocycles. The van der Waals surface area contributed by atoms with Gasteiger partial charge in [-0.3, -0.25) is 4.79 Å². The van der Waals surface area contributed by atoms with Crippen LogP contribution < -0.4 is 15.4 Å². The number of benzene rings is 2. The molecule has 27 heavy (non-hydrogen) atoms. The quantitative estimate of drug-likeness (QED) is 0.745. The molecule has 0 fully saturated rings. The fourth-order valence-corrected chi connectivity index (χ4v) is 3.11. The fourth-order valence-electron chi connectivity index (χ4n) is 3.11. The zero-order chi connectivity index (χ0) is 18.8. The lowest BCUT2D eigenvalue weighted by molar-refractivity contribution is -0.114. The number of allylic oxidation sites excluding steroid dienone is 1. The highest BCUT2D eigenvalue weighted by Gasteiger charge is 2.23. The van der Waals surface area contributed by atoms with E-state index in [1.54, 1.807) is 7.11 Å². The number of aromatic nitrogens is 3. The van der Waals surface area contributed by atoms with Gasteiger partial charge in [-0.05, 0) is 41.5 Å². The second-order valence-corrected chi connectivity index (χ2v) is 6.21. The first kappa shape index (κ1) is 16.8. The Hall–Kier alpha value is -3.61. The lowest BCUT2D eigenvalue weighted by Crippen LogP contribution is -2.20. The standard InChI is InChI=1S/C20H19N5O2/c1-13(26)23-16-5-3-4-15(10-16)18-11-19(25-20(24-18)21-12-22-25)14-6-8-17(27-2)9-7-14/h3-12,19H,1-2H3,(H,23,26)(H,21,22,24)/t19-/m0/s1. The van der Waals surface area contributed by atoms with Gasteiger partial charge in [0.05, 0.1) is 7.11 Å². The molecule has 4 rings (SSSR count). The number of hydrogen-bond acceptors (Lipinski definition) is 5. The van der Waals surface area contributed by atoms with Crippen LogP contribution in [0.25, 0.3) is 5.70 Å². The van der Waals surface area contributed by atoms with Crippen molar-refractivity contribution < 1.29 is 9.53 Å². The van der Waals surface area contributed by atoms with Crippen LogP contribution in [0, 0.1) is 0 Å². The smallest absolute Gasteiger partial charge is 0.226 e. The summed E-state index contributed by atoms with van der Waals surface area (Å²) < 4.78 is 7.09. The Balaban J connectivity index is 1.73. The highest BCUT2D eigenvalue weighted by molar-refractivity contribution is 5.89. The molecular formula is C20H19N5O2. The van der Waals surface area contributed by atoms with Crippen LogP contribution in [0.15, 0.2) is 60.9 Å². The number of carbonyl (C=O) groups excluding carboxylic acids is 1. The number of hydrogen-bond donors (Lipinski definition) is 2. The monoisotopic (exact) mass is 361 g/mol. The molecule has 1 amide bonds. The molecule has 0 aliphatic carbocycles. The fraction of sp³-hybridized carbons (Fsp3) is 0.150. The molecule has 1 atom stereocenters. The molecule has 0 unspecified atom stereocenters. The Morgan fingerprint density at radius 1 is 1.22 bits per heavy atom. The number of rotatable bonds is 4. The van der Waals surface area contributed by atoms with Crippen molar-refractivity contribution in [3.05, 3.63) is 72.1 Å². The lowest BCUT2D eigenvalue weighted by Gasteiger charge is -2.24. The van der Waals surface area contributed by atoms with Crippen LogP contribution in [-0.4, -0.2) is 27.8 Å². The molecule has 0 saturated carbocycles. The van der Waals surface area contributed by atoms with Crippen molar-refractivity contribution in [2.24, 2.45) is 0 Å². The third-order valence-corrected chi connectivity index (χ3v) is 4.36. The number of methoxy groups -OCH3 is 1. The SMILES string of the molecule is COc1ccc([C@@H]2C=C(c3cccc(NC(C)=O)c3)Nc3ncnn32)cc1. The van der Waals surface area contributed by atoms with Crippen molar-refractivity contribution in [3.8, 4) is 5.75 Å². The minimum Gasteiger partial charge on any atom is -0.497 e. The van der Waals surface area contributed by atoms with Gasteiger partial charge >= 0.3 is 0 Å². The molecule has 0 spiro atoms. The minimum absolute atomic E-state index is 0.103. The van der Waals surface area contributed by atoms with Gasteiger partial charge < -0.3 is 15.4 Å². The Morgan fingerprint density at radius 3 is 2.78 bits per heavy atom. The molecule has 3 aromatic rings. The maximum Gasteiger partial charge on any atom is 0.226 e. The topological polar surface area (TPSA) is 81.1 Å². The van der Waals surface area contributed by atoms with E-state index in [0.29, 0.717) is 5.95 Å². The van der Waals surface area contributed by atoms with Crippen molar-refractivity contribution in [1.82, 2.24) is 14.8 Å². The second-order valence-electron chi connectivity index (χ2n) is 6.21. The van der Waals surface area contributed by atoms with Gasteiger partial charge in [-0.1, -0.05) is 24.3 Å². The summed E-state index contributed by atoms with van der Waals surface area (Å²) in [5, 5.41) is 10.5. The molecule has 1 aliphatic rings. The molecule has 7 heteroatoms. The van der Waals surface area contributed by atoms with E-state index in [-0.39, 0.29) is 11.9 Å². The first-order valence-electron chi connectivity index (χ1n) is 8.54. The molecule has 2 aromatic carbocycles. The number of ether oxygens (including phenoxy) is 1. The summed E-state index contributed by atoms with van der Waals surface area (Å²) >= 11 is 0. The Bertz CT molecular complexity index is 1010. The summed E-state index contributed by atoms with van der Waals surface area (Å²) in [6, 6.07) is 15.5. The molecule has 1 aliphatic heterocycles. The van der Waals surface area contributed by atoms with Crippen LogP contribution in [0.3, 0.4) is 0 Å². The van der Waals surface area contributed by atoms with E-state index in [1.807, 2.05) is 53.2 Å². The summed E-state index contributed by atoms with van der Waals surface area (Å²) in [4.78, 5) is 15.7. The molecule has 7 nitrogen and oxygen atoms in total. The molecule has 1 aromatic heterocycles. The van der Waals surface area contributed by atoms with Crippen molar-refractivity contribution >= 4 is 23.2 Å². The lowest BCUT2D eigenvalue weighted by atomic mass is 10.0. The van der Waals surface area contributed by atoms with Crippen molar-refractivity contribution in [3.63, 3.8) is 0 Å². The first-order valence-corrected chi connectivity index (χ1v) is 8.54. The van der Waals surface area contributed by atoms with E-state index in [9.17, 15) is 4.79 Å². The second kappa shape index (κ2) is 6.95. The average molecular weight is 361 g/mol. The predicted octanol–water partition coefficient (Wildman–Crippen LogP) is 3.30. The maximum absolute atomic E-state index is 11.3. The van der Waals surface area contributed by atoms with Gasteiger partial charge in [-0.15, -0.1) is 0 Å². The zero-order valence-electron chi connectivity index (χ0n) is 15.0. The van der Waals surface area contributed by atoms with Crippen LogP contribution in [0.2, 0.25) is 0 Å². The van der Waals surface area contributed by atoms with E-state index >= 15 is 0 Å². The van der Waals surface area contributed by atoms with Gasteiger partial charge in [0, 0.05) is 18.3 Å². The number of carbonyl (C=O) groups is 1. The van der Waals surface area contributed by atoms with Crippen LogP contribution in [-0.2, 0) is 4.79 Å². The van der Waals surface area contributed by atoms with Crippen molar-refractivity contribution in [2.75, 3.05) is 17.7 Å². The highest BCUT2D eigenvalue weighted by Crippen LogP contribution is 2.33. The summed E-state index contributed by atoms with van der Waals surface area (Å²) in [6.07, 6.45) is 3.62. The van der Waals surface area contributed by atoms with Crippen LogP contribution in [0.1, 0.15) is 24.1 Å². The Kier molecular flexibility index (Phi) is 4.33. The number of nitrogens with one attached hydrogen (secondary N) is 2. The van der Waals surface area contributed by atoms with Crippen LogP contribution in [0.5, 0.6) is 5.75 Å². The number of amides is 1. The Morgan fingerprint density at radius 2 is 2.04 bits per heavy atom. The Labute approximate surface area is 156 Å². The summed E-state index contributed by atoms with van der Waals surface area (Å²) in [5.41, 5.74) is 3.67. The molecule has 0 bridgehead atoms. The van der Waals surface area contributed by atoms with E-state index < -0.39 is 0 Å². The van der Waals surface area contributed by atoms with E-state index in [1.165, 1.54) is 13.3 Å². The number of nitrogens with zero attached hydrogens (tertiary/aromatic N) is 3. The van der Waals surface area contributed by atoms with Crippen molar-refractivity contribution in [1.29, 1.82) is 0 Å². The largest absolute Gasteiger partial charge is 0.497 e. The van der Waals surface area contributed by atoms with Gasteiger partial charge in [-0.2, -0.15) is 10.1 Å². The van der Waals surface area contributed by atoms with Gasteiger partial charge in [0.2, 0.25) is 11.9 Å². The highest BCUT2D eigenvalue weighted by atomic mass is 16.5. The molecule has 2 heterocycles. The van der Waals surface area contributed by atoms with E-state index in [0.717, 1.165) is 28.3 Å². The summed E-state index contributed by atoms with van der Waals surface area (Å²) in [7, 11) is 1.65. The number of fused-ring (bicyclic) bond motifs is 1. The van der Waals surface area contributed by atoms with E-state index in [4.69, 9.17) is 4.74 Å². The minimum atomic E-state index is -0.103. The summed E-state index contributed by atoms with van der Waals surface area (Å²) in [5.74, 6) is 1.37. The van der Waals surface area contributed by atoms with Gasteiger partial charge in [0.15, 0.2) is 0 Å². The molecule has 0 radical (unpaired) electrons. The van der Waals surface area contributed by atoms with Crippen molar-refractivity contribution in [2.45, 2.75) is 13.0 Å². The predicted molar refractivity (Wildman–Crippen MR) is 104 cm³/mol. The third-order valence-electron chi connectivity index (χ3n) is 4.36. The number of anilines is 2. The maximum atomic E-state index is 11.3. The molecule has 2 N–H and O–H groups in total. The van der Waals surface area contributed by atoms with Gasteiger partial charge in [-0.25, -0.2) is 4.68 Å². The zero-order valence-corrected chi connectivity index (χ0v) is 15.0. The molecular weight excluding hydrogens is 342 g/mol.